The van der Waals surface area contributed by atoms with Crippen molar-refractivity contribution in [2.75, 3.05) is 0 Å². The SMILES string of the molecule is CCn1ccnc1CC(C)(O)Cc1ccc(Br)cc1. The predicted octanol–water partition coefficient (Wildman–Crippen LogP) is 3.20. The van der Waals surface area contributed by atoms with E-state index in [-0.39, 0.29) is 0 Å². The first-order valence-electron chi connectivity index (χ1n) is 6.47. The van der Waals surface area contributed by atoms with Gasteiger partial charge in [0.1, 0.15) is 5.82 Å². The molecule has 1 aromatic heterocycles. The lowest BCUT2D eigenvalue weighted by Gasteiger charge is -2.23. The second-order valence-corrected chi connectivity index (χ2v) is 6.02. The number of aliphatic hydroxyl groups is 1. The summed E-state index contributed by atoms with van der Waals surface area (Å²) in [6.45, 7) is 4.82. The van der Waals surface area contributed by atoms with Gasteiger partial charge in [0.25, 0.3) is 0 Å². The van der Waals surface area contributed by atoms with E-state index in [0.29, 0.717) is 12.8 Å². The zero-order chi connectivity index (χ0) is 13.9. The van der Waals surface area contributed by atoms with Crippen LogP contribution in [0.3, 0.4) is 0 Å². The van der Waals surface area contributed by atoms with Crippen LogP contribution in [-0.2, 0) is 19.4 Å². The van der Waals surface area contributed by atoms with E-state index in [9.17, 15) is 5.11 Å². The average Bonchev–Trinajstić information content (AvgIpc) is 2.78. The molecule has 4 heteroatoms. The van der Waals surface area contributed by atoms with Gasteiger partial charge in [-0.3, -0.25) is 0 Å². The van der Waals surface area contributed by atoms with E-state index in [2.05, 4.69) is 32.4 Å². The minimum atomic E-state index is -0.786. The van der Waals surface area contributed by atoms with Gasteiger partial charge in [-0.2, -0.15) is 0 Å². The zero-order valence-corrected chi connectivity index (χ0v) is 12.9. The Kier molecular flexibility index (Phi) is 4.42. The van der Waals surface area contributed by atoms with Gasteiger partial charge in [-0.05, 0) is 31.5 Å². The minimum Gasteiger partial charge on any atom is -0.389 e. The van der Waals surface area contributed by atoms with Gasteiger partial charge in [0, 0.05) is 36.3 Å². The summed E-state index contributed by atoms with van der Waals surface area (Å²) >= 11 is 3.42. The van der Waals surface area contributed by atoms with Crippen LogP contribution in [0.2, 0.25) is 0 Å². The summed E-state index contributed by atoms with van der Waals surface area (Å²) in [5, 5.41) is 10.6. The lowest BCUT2D eigenvalue weighted by Crippen LogP contribution is -2.31. The van der Waals surface area contributed by atoms with E-state index in [0.717, 1.165) is 22.4 Å². The molecule has 1 heterocycles. The molecule has 2 rings (SSSR count). The molecule has 2 aromatic rings. The quantitative estimate of drug-likeness (QED) is 0.918. The topological polar surface area (TPSA) is 38.0 Å². The zero-order valence-electron chi connectivity index (χ0n) is 11.3. The molecular formula is C15H19BrN2O. The van der Waals surface area contributed by atoms with Gasteiger partial charge in [-0.15, -0.1) is 0 Å². The van der Waals surface area contributed by atoms with Crippen LogP contribution in [0.5, 0.6) is 0 Å². The molecule has 0 saturated heterocycles. The molecule has 0 radical (unpaired) electrons. The molecule has 0 aliphatic carbocycles. The lowest BCUT2D eigenvalue weighted by molar-refractivity contribution is 0.0579. The average molecular weight is 323 g/mol. The molecule has 1 atom stereocenters. The normalized spacial score (nSPS) is 14.3. The van der Waals surface area contributed by atoms with Crippen molar-refractivity contribution in [3.05, 3.63) is 52.5 Å². The number of hydrogen-bond acceptors (Lipinski definition) is 2. The van der Waals surface area contributed by atoms with Gasteiger partial charge in [-0.1, -0.05) is 28.1 Å². The summed E-state index contributed by atoms with van der Waals surface area (Å²) in [6.07, 6.45) is 4.92. The first-order valence-corrected chi connectivity index (χ1v) is 7.26. The third kappa shape index (κ3) is 3.91. The molecule has 0 fully saturated rings. The lowest BCUT2D eigenvalue weighted by atomic mass is 9.93. The third-order valence-corrected chi connectivity index (χ3v) is 3.71. The molecule has 0 spiro atoms. The van der Waals surface area contributed by atoms with Crippen molar-refractivity contribution in [2.24, 2.45) is 0 Å². The van der Waals surface area contributed by atoms with Crippen molar-refractivity contribution in [3.8, 4) is 0 Å². The fourth-order valence-corrected chi connectivity index (χ4v) is 2.50. The van der Waals surface area contributed by atoms with Gasteiger partial charge < -0.3 is 9.67 Å². The monoisotopic (exact) mass is 322 g/mol. The number of nitrogens with zero attached hydrogens (tertiary/aromatic N) is 2. The molecule has 0 bridgehead atoms. The van der Waals surface area contributed by atoms with Crippen molar-refractivity contribution >= 4 is 15.9 Å². The maximum Gasteiger partial charge on any atom is 0.111 e. The van der Waals surface area contributed by atoms with Crippen LogP contribution in [0, 0.1) is 0 Å². The summed E-state index contributed by atoms with van der Waals surface area (Å²) in [6, 6.07) is 8.06. The summed E-state index contributed by atoms with van der Waals surface area (Å²) < 4.78 is 3.12. The van der Waals surface area contributed by atoms with Gasteiger partial charge in [0.2, 0.25) is 0 Å². The molecule has 1 aromatic carbocycles. The van der Waals surface area contributed by atoms with Gasteiger partial charge in [0.15, 0.2) is 0 Å². The summed E-state index contributed by atoms with van der Waals surface area (Å²) in [5.41, 5.74) is 0.342. The highest BCUT2D eigenvalue weighted by atomic mass is 79.9. The van der Waals surface area contributed by atoms with Crippen molar-refractivity contribution < 1.29 is 5.11 Å². The summed E-state index contributed by atoms with van der Waals surface area (Å²) in [7, 11) is 0. The van der Waals surface area contributed by atoms with Crippen LogP contribution in [0.4, 0.5) is 0 Å². The van der Waals surface area contributed by atoms with Crippen LogP contribution >= 0.6 is 15.9 Å². The highest BCUT2D eigenvalue weighted by Gasteiger charge is 2.23. The molecule has 102 valence electrons. The maximum absolute atomic E-state index is 10.6. The van der Waals surface area contributed by atoms with E-state index in [4.69, 9.17) is 0 Å². The summed E-state index contributed by atoms with van der Waals surface area (Å²) in [4.78, 5) is 4.32. The third-order valence-electron chi connectivity index (χ3n) is 3.18. The number of halogens is 1. The highest BCUT2D eigenvalue weighted by molar-refractivity contribution is 9.10. The van der Waals surface area contributed by atoms with E-state index in [1.54, 1.807) is 6.20 Å². The van der Waals surface area contributed by atoms with Crippen LogP contribution in [0.1, 0.15) is 25.2 Å². The minimum absolute atomic E-state index is 0.559. The van der Waals surface area contributed by atoms with Gasteiger partial charge in [-0.25, -0.2) is 4.98 Å². The summed E-state index contributed by atoms with van der Waals surface area (Å²) in [5.74, 6) is 0.935. The van der Waals surface area contributed by atoms with E-state index in [1.807, 2.05) is 37.4 Å². The molecule has 3 nitrogen and oxygen atoms in total. The van der Waals surface area contributed by atoms with Gasteiger partial charge in [0.05, 0.1) is 5.60 Å². The molecule has 0 aliphatic rings. The fraction of sp³-hybridized carbons (Fsp3) is 0.400. The van der Waals surface area contributed by atoms with Crippen molar-refractivity contribution in [3.63, 3.8) is 0 Å². The number of benzene rings is 1. The molecule has 0 amide bonds. The number of aryl methyl sites for hydroxylation is 1. The molecule has 1 unspecified atom stereocenters. The molecule has 0 saturated carbocycles. The standard InChI is InChI=1S/C15H19BrN2O/c1-3-18-9-8-17-14(18)11-15(2,19)10-12-4-6-13(16)7-5-12/h4-9,19H,3,10-11H2,1-2H3. The Morgan fingerprint density at radius 2 is 1.95 bits per heavy atom. The molecular weight excluding hydrogens is 304 g/mol. The Bertz CT molecular complexity index is 531. The Balaban J connectivity index is 2.08. The van der Waals surface area contributed by atoms with Crippen LogP contribution < -0.4 is 0 Å². The van der Waals surface area contributed by atoms with Gasteiger partial charge >= 0.3 is 0 Å². The Morgan fingerprint density at radius 1 is 1.26 bits per heavy atom. The molecule has 1 N–H and O–H groups in total. The number of rotatable bonds is 5. The number of hydrogen-bond donors (Lipinski definition) is 1. The van der Waals surface area contributed by atoms with E-state index in [1.165, 1.54) is 0 Å². The van der Waals surface area contributed by atoms with E-state index >= 15 is 0 Å². The second-order valence-electron chi connectivity index (χ2n) is 5.11. The Morgan fingerprint density at radius 3 is 2.58 bits per heavy atom. The first kappa shape index (κ1) is 14.3. The van der Waals surface area contributed by atoms with Crippen LogP contribution in [0.25, 0.3) is 0 Å². The largest absolute Gasteiger partial charge is 0.389 e. The molecule has 19 heavy (non-hydrogen) atoms. The second kappa shape index (κ2) is 5.88. The smallest absolute Gasteiger partial charge is 0.111 e. The van der Waals surface area contributed by atoms with Crippen LogP contribution in [0.15, 0.2) is 41.1 Å². The fourth-order valence-electron chi connectivity index (χ4n) is 2.24. The van der Waals surface area contributed by atoms with Crippen molar-refractivity contribution in [1.82, 2.24) is 9.55 Å². The number of imidazole rings is 1. The van der Waals surface area contributed by atoms with Crippen molar-refractivity contribution in [2.45, 2.75) is 38.8 Å². The van der Waals surface area contributed by atoms with E-state index < -0.39 is 5.60 Å². The molecule has 0 aliphatic heterocycles. The predicted molar refractivity (Wildman–Crippen MR) is 80.1 cm³/mol. The van der Waals surface area contributed by atoms with Crippen LogP contribution in [-0.4, -0.2) is 20.3 Å². The number of aromatic nitrogens is 2. The Labute approximate surface area is 122 Å². The highest BCUT2D eigenvalue weighted by Crippen LogP contribution is 2.19. The van der Waals surface area contributed by atoms with Crippen molar-refractivity contribution in [1.29, 1.82) is 0 Å². The Hall–Kier alpha value is -1.13. The first-order chi connectivity index (χ1) is 9.00. The maximum atomic E-state index is 10.6.